The largest absolute Gasteiger partial charge is 0.493 e. The number of aromatic amines is 1. The molecular formula is C19H17N3O5. The van der Waals surface area contributed by atoms with Crippen LogP contribution in [-0.4, -0.2) is 42.4 Å². The molecule has 0 bridgehead atoms. The van der Waals surface area contributed by atoms with Crippen molar-refractivity contribution in [2.45, 2.75) is 6.42 Å². The zero-order valence-electron chi connectivity index (χ0n) is 14.8. The average Bonchev–Trinajstić information content (AvgIpc) is 3.32. The molecule has 1 aliphatic heterocycles. The van der Waals surface area contributed by atoms with Crippen molar-refractivity contribution in [2.75, 3.05) is 20.8 Å². The summed E-state index contributed by atoms with van der Waals surface area (Å²) in [5.74, 6) is 0.450. The SMILES string of the molecule is COc1ccc(C2=NN(C(=O)c3ccc4oc(=O)[nH]c4c3)CC2)cc1OC. The van der Waals surface area contributed by atoms with Gasteiger partial charge in [0.2, 0.25) is 0 Å². The Morgan fingerprint density at radius 2 is 1.96 bits per heavy atom. The van der Waals surface area contributed by atoms with Crippen LogP contribution in [0, 0.1) is 0 Å². The van der Waals surface area contributed by atoms with Crippen LogP contribution in [0.15, 0.2) is 50.7 Å². The minimum Gasteiger partial charge on any atom is -0.493 e. The molecule has 27 heavy (non-hydrogen) atoms. The molecule has 1 aliphatic rings. The summed E-state index contributed by atoms with van der Waals surface area (Å²) in [7, 11) is 3.15. The number of nitrogens with zero attached hydrogens (tertiary/aromatic N) is 2. The summed E-state index contributed by atoms with van der Waals surface area (Å²) in [4.78, 5) is 26.6. The Morgan fingerprint density at radius 1 is 1.15 bits per heavy atom. The lowest BCUT2D eigenvalue weighted by Crippen LogP contribution is -2.23. The smallest absolute Gasteiger partial charge is 0.417 e. The average molecular weight is 367 g/mol. The molecule has 0 atom stereocenters. The van der Waals surface area contributed by atoms with Crippen LogP contribution >= 0.6 is 0 Å². The van der Waals surface area contributed by atoms with E-state index < -0.39 is 5.76 Å². The molecule has 2 aromatic carbocycles. The highest BCUT2D eigenvalue weighted by molar-refractivity contribution is 6.05. The van der Waals surface area contributed by atoms with E-state index >= 15 is 0 Å². The van der Waals surface area contributed by atoms with Gasteiger partial charge in [0.25, 0.3) is 5.91 Å². The van der Waals surface area contributed by atoms with E-state index in [1.54, 1.807) is 32.4 Å². The summed E-state index contributed by atoms with van der Waals surface area (Å²) >= 11 is 0. The van der Waals surface area contributed by atoms with E-state index in [1.165, 1.54) is 5.01 Å². The van der Waals surface area contributed by atoms with Crippen molar-refractivity contribution in [2.24, 2.45) is 5.10 Å². The lowest BCUT2D eigenvalue weighted by molar-refractivity contribution is 0.0778. The maximum absolute atomic E-state index is 12.7. The molecule has 0 unspecified atom stereocenters. The fraction of sp³-hybridized carbons (Fsp3) is 0.211. The van der Waals surface area contributed by atoms with E-state index in [0.29, 0.717) is 41.1 Å². The van der Waals surface area contributed by atoms with Crippen molar-refractivity contribution >= 4 is 22.7 Å². The number of hydrogen-bond donors (Lipinski definition) is 1. The molecule has 0 radical (unpaired) electrons. The van der Waals surface area contributed by atoms with E-state index in [-0.39, 0.29) is 5.91 Å². The van der Waals surface area contributed by atoms with Gasteiger partial charge in [-0.3, -0.25) is 9.78 Å². The Bertz CT molecular complexity index is 1110. The topological polar surface area (TPSA) is 97.1 Å². The number of H-pyrrole nitrogens is 1. The van der Waals surface area contributed by atoms with Gasteiger partial charge in [-0.2, -0.15) is 5.10 Å². The predicted octanol–water partition coefficient (Wildman–Crippen LogP) is 2.39. The molecule has 1 amide bonds. The van der Waals surface area contributed by atoms with Gasteiger partial charge in [0.15, 0.2) is 17.1 Å². The first kappa shape index (κ1) is 16.9. The molecule has 2 heterocycles. The fourth-order valence-electron chi connectivity index (χ4n) is 3.06. The number of aromatic nitrogens is 1. The summed E-state index contributed by atoms with van der Waals surface area (Å²) in [6, 6.07) is 10.3. The highest BCUT2D eigenvalue weighted by atomic mass is 16.5. The van der Waals surface area contributed by atoms with Crippen molar-refractivity contribution in [1.29, 1.82) is 0 Å². The molecule has 138 valence electrons. The van der Waals surface area contributed by atoms with E-state index in [0.717, 1.165) is 11.3 Å². The summed E-state index contributed by atoms with van der Waals surface area (Å²) < 4.78 is 15.5. The number of rotatable bonds is 4. The molecule has 8 heteroatoms. The van der Waals surface area contributed by atoms with Crippen LogP contribution in [0.4, 0.5) is 0 Å². The molecule has 0 fully saturated rings. The van der Waals surface area contributed by atoms with Crippen molar-refractivity contribution in [3.8, 4) is 11.5 Å². The number of ether oxygens (including phenoxy) is 2. The number of fused-ring (bicyclic) bond motifs is 1. The molecule has 0 saturated heterocycles. The number of benzene rings is 2. The predicted molar refractivity (Wildman–Crippen MR) is 98.6 cm³/mol. The Hall–Kier alpha value is -3.55. The first-order valence-corrected chi connectivity index (χ1v) is 8.33. The summed E-state index contributed by atoms with van der Waals surface area (Å²) in [6.45, 7) is 0.475. The van der Waals surface area contributed by atoms with Gasteiger partial charge in [0.1, 0.15) is 0 Å². The van der Waals surface area contributed by atoms with Crippen molar-refractivity contribution in [1.82, 2.24) is 9.99 Å². The molecule has 0 saturated carbocycles. The highest BCUT2D eigenvalue weighted by Crippen LogP contribution is 2.29. The fourth-order valence-corrected chi connectivity index (χ4v) is 3.06. The third-order valence-electron chi connectivity index (χ3n) is 4.42. The molecule has 0 spiro atoms. The van der Waals surface area contributed by atoms with Gasteiger partial charge >= 0.3 is 5.76 Å². The quantitative estimate of drug-likeness (QED) is 0.764. The molecule has 8 nitrogen and oxygen atoms in total. The lowest BCUT2D eigenvalue weighted by Gasteiger charge is -2.11. The minimum atomic E-state index is -0.551. The maximum atomic E-state index is 12.7. The Morgan fingerprint density at radius 3 is 2.74 bits per heavy atom. The Balaban J connectivity index is 1.61. The Labute approximate surface area is 154 Å². The third-order valence-corrected chi connectivity index (χ3v) is 4.42. The zero-order valence-corrected chi connectivity index (χ0v) is 14.8. The third kappa shape index (κ3) is 3.05. The highest BCUT2D eigenvalue weighted by Gasteiger charge is 2.24. The summed E-state index contributed by atoms with van der Waals surface area (Å²) in [6.07, 6.45) is 0.631. The second-order valence-corrected chi connectivity index (χ2v) is 6.02. The van der Waals surface area contributed by atoms with E-state index in [1.807, 2.05) is 18.2 Å². The van der Waals surface area contributed by atoms with E-state index in [4.69, 9.17) is 13.9 Å². The monoisotopic (exact) mass is 367 g/mol. The lowest BCUT2D eigenvalue weighted by atomic mass is 10.1. The van der Waals surface area contributed by atoms with Gasteiger partial charge < -0.3 is 13.9 Å². The second kappa shape index (κ2) is 6.64. The summed E-state index contributed by atoms with van der Waals surface area (Å²) in [5.41, 5.74) is 2.98. The first-order chi connectivity index (χ1) is 13.1. The van der Waals surface area contributed by atoms with Gasteiger partial charge in [-0.1, -0.05) is 0 Å². The van der Waals surface area contributed by atoms with Crippen molar-refractivity contribution < 1.29 is 18.7 Å². The van der Waals surface area contributed by atoms with Gasteiger partial charge in [-0.15, -0.1) is 0 Å². The van der Waals surface area contributed by atoms with Crippen LogP contribution in [0.5, 0.6) is 11.5 Å². The number of oxazole rings is 1. The molecule has 4 rings (SSSR count). The first-order valence-electron chi connectivity index (χ1n) is 8.33. The number of carbonyl (C=O) groups excluding carboxylic acids is 1. The Kier molecular flexibility index (Phi) is 4.15. The number of amides is 1. The number of methoxy groups -OCH3 is 2. The van der Waals surface area contributed by atoms with Crippen LogP contribution in [-0.2, 0) is 0 Å². The number of hydrazone groups is 1. The number of hydrogen-bond acceptors (Lipinski definition) is 6. The molecular weight excluding hydrogens is 350 g/mol. The van der Waals surface area contributed by atoms with Crippen LogP contribution < -0.4 is 15.2 Å². The van der Waals surface area contributed by atoms with E-state index in [9.17, 15) is 9.59 Å². The van der Waals surface area contributed by atoms with Gasteiger partial charge in [0, 0.05) is 17.5 Å². The van der Waals surface area contributed by atoms with E-state index in [2.05, 4.69) is 10.1 Å². The minimum absolute atomic E-state index is 0.241. The van der Waals surface area contributed by atoms with Crippen LogP contribution in [0.25, 0.3) is 11.1 Å². The molecule has 1 N–H and O–H groups in total. The molecule has 3 aromatic rings. The van der Waals surface area contributed by atoms with Crippen LogP contribution in [0.1, 0.15) is 22.3 Å². The zero-order chi connectivity index (χ0) is 19.0. The normalized spacial score (nSPS) is 13.7. The van der Waals surface area contributed by atoms with Crippen molar-refractivity contribution in [3.63, 3.8) is 0 Å². The van der Waals surface area contributed by atoms with Crippen LogP contribution in [0.2, 0.25) is 0 Å². The summed E-state index contributed by atoms with van der Waals surface area (Å²) in [5, 5.41) is 5.88. The molecule has 0 aliphatic carbocycles. The van der Waals surface area contributed by atoms with Gasteiger partial charge in [-0.25, -0.2) is 9.80 Å². The number of nitrogens with one attached hydrogen (secondary N) is 1. The maximum Gasteiger partial charge on any atom is 0.417 e. The van der Waals surface area contributed by atoms with Gasteiger partial charge in [-0.05, 0) is 36.4 Å². The number of carbonyl (C=O) groups is 1. The standard InChI is InChI=1S/C19H17N3O5/c1-25-16-6-3-11(10-17(16)26-2)13-7-8-22(21-13)18(23)12-4-5-15-14(9-12)20-19(24)27-15/h3-6,9-10H,7-8H2,1-2H3,(H,20,24). The van der Waals surface area contributed by atoms with Crippen LogP contribution in [0.3, 0.4) is 0 Å². The second-order valence-electron chi connectivity index (χ2n) is 6.02. The van der Waals surface area contributed by atoms with Gasteiger partial charge in [0.05, 0.1) is 32.0 Å². The van der Waals surface area contributed by atoms with Crippen molar-refractivity contribution in [3.05, 3.63) is 58.1 Å². The molecule has 1 aromatic heterocycles.